The molecule has 5 aliphatic heterocycles. The molecule has 5 saturated heterocycles. The molecule has 18 nitrogen and oxygen atoms in total. The lowest BCUT2D eigenvalue weighted by Crippen LogP contribution is -2.57. The number of amides is 2. The maximum Gasteiger partial charge on any atom is 0.243 e. The number of hydrogen-bond acceptors (Lipinski definition) is 17. The highest BCUT2D eigenvalue weighted by Gasteiger charge is 2.44. The van der Waals surface area contributed by atoms with Crippen LogP contribution in [0, 0.1) is 12.8 Å². The molecule has 0 radical (unpaired) electrons. The third-order valence-electron chi connectivity index (χ3n) is 16.0. The predicted octanol–water partition coefficient (Wildman–Crippen LogP) is 7.67. The molecule has 394 valence electrons. The quantitative estimate of drug-likeness (QED) is 0.0775. The van der Waals surface area contributed by atoms with Crippen molar-refractivity contribution in [2.24, 2.45) is 5.92 Å². The van der Waals surface area contributed by atoms with Crippen LogP contribution in [0.15, 0.2) is 89.0 Å². The fourth-order valence-electron chi connectivity index (χ4n) is 11.8. The maximum atomic E-state index is 14.4. The lowest BCUT2D eigenvalue weighted by molar-refractivity contribution is -0.141. The number of carbonyl (C=O) groups is 2. The minimum absolute atomic E-state index is 0.0270. The van der Waals surface area contributed by atoms with E-state index < -0.39 is 18.1 Å². The summed E-state index contributed by atoms with van der Waals surface area (Å²) in [4.78, 5) is 46.9. The second kappa shape index (κ2) is 21.4. The Morgan fingerprint density at radius 2 is 1.63 bits per heavy atom. The third kappa shape index (κ3) is 10.6. The molecule has 2 amide bonds. The van der Waals surface area contributed by atoms with E-state index in [1.807, 2.05) is 87.9 Å². The number of fused-ring (bicyclic) bond motifs is 4. The molecule has 0 spiro atoms. The number of piperidine rings is 1. The van der Waals surface area contributed by atoms with Gasteiger partial charge in [0.2, 0.25) is 17.7 Å². The van der Waals surface area contributed by atoms with Crippen molar-refractivity contribution in [2.45, 2.75) is 134 Å². The normalized spacial score (nSPS) is 23.8. The molecule has 75 heavy (non-hydrogen) atoms. The Labute approximate surface area is 441 Å². The Kier molecular flexibility index (Phi) is 14.4. The van der Waals surface area contributed by atoms with Gasteiger partial charge in [0.15, 0.2) is 17.4 Å². The minimum atomic E-state index is -0.817. The average Bonchev–Trinajstić information content (AvgIpc) is 4.09. The van der Waals surface area contributed by atoms with E-state index in [4.69, 9.17) is 19.7 Å². The van der Waals surface area contributed by atoms with Crippen LogP contribution in [0.2, 0.25) is 0 Å². The van der Waals surface area contributed by atoms with Gasteiger partial charge < -0.3 is 54.9 Å². The van der Waals surface area contributed by atoms with Crippen molar-refractivity contribution in [3.63, 3.8) is 0 Å². The Bertz CT molecular complexity index is 2970. The molecule has 2 unspecified atom stereocenters. The van der Waals surface area contributed by atoms with Crippen molar-refractivity contribution in [1.29, 1.82) is 0 Å². The number of ether oxygens (including phenoxy) is 2. The molecule has 12 rings (SSSR count). The minimum Gasteiger partial charge on any atom is -0.507 e. The summed E-state index contributed by atoms with van der Waals surface area (Å²) in [6.07, 6.45) is 7.88. The Morgan fingerprint density at radius 1 is 0.867 bits per heavy atom. The van der Waals surface area contributed by atoms with Crippen LogP contribution in [0.4, 0.5) is 23.0 Å². The number of para-hydroxylation sites is 1. The number of nitrogens with zero attached hydrogens (tertiary/aromatic N) is 9. The van der Waals surface area contributed by atoms with Crippen LogP contribution < -0.4 is 30.5 Å². The summed E-state index contributed by atoms with van der Waals surface area (Å²) in [5, 5.41) is 37.5. The summed E-state index contributed by atoms with van der Waals surface area (Å²) in [5.74, 6) is 0.903. The van der Waals surface area contributed by atoms with Gasteiger partial charge in [0.1, 0.15) is 23.8 Å². The highest BCUT2D eigenvalue weighted by Crippen LogP contribution is 2.40. The van der Waals surface area contributed by atoms with Crippen molar-refractivity contribution in [3.05, 3.63) is 102 Å². The number of aromatic hydroxyl groups is 1. The molecule has 6 aromatic rings. The first-order chi connectivity index (χ1) is 36.3. The van der Waals surface area contributed by atoms with Crippen LogP contribution in [-0.4, -0.2) is 128 Å². The molecular weight excluding hydrogens is 971 g/mol. The first kappa shape index (κ1) is 50.3. The van der Waals surface area contributed by atoms with Gasteiger partial charge in [-0.05, 0) is 87.3 Å². The van der Waals surface area contributed by atoms with E-state index >= 15 is 0 Å². The van der Waals surface area contributed by atoms with E-state index in [-0.39, 0.29) is 72.9 Å². The summed E-state index contributed by atoms with van der Waals surface area (Å²) >= 11 is 1.59. The molecule has 1 aliphatic carbocycles. The number of β-amino-alcohol motifs (C(OH)–C–C–N with tert-alkyl or cyclic N) is 1. The second-order valence-corrected chi connectivity index (χ2v) is 22.2. The van der Waals surface area contributed by atoms with E-state index in [0.29, 0.717) is 34.5 Å². The number of nitrogens with two attached hydrogens (primary N) is 1. The number of rotatable bonds is 15. The number of pyridine rings is 1. The number of nitrogen functional groups attached to an aromatic ring is 1. The van der Waals surface area contributed by atoms with Gasteiger partial charge >= 0.3 is 0 Å². The number of phenolic OH excluding ortho intramolecular Hbond substituents is 1. The monoisotopic (exact) mass is 1040 g/mol. The van der Waals surface area contributed by atoms with Gasteiger partial charge in [0.25, 0.3) is 0 Å². The number of anilines is 4. The highest BCUT2D eigenvalue weighted by atomic mass is 32.1. The summed E-state index contributed by atoms with van der Waals surface area (Å²) < 4.78 is 19.0. The molecular formula is C56H67N11O7S. The van der Waals surface area contributed by atoms with E-state index in [2.05, 4.69) is 57.5 Å². The molecule has 6 atom stereocenters. The second-order valence-electron chi connectivity index (χ2n) is 21.4. The van der Waals surface area contributed by atoms with E-state index in [1.165, 1.54) is 4.90 Å². The predicted molar refractivity (Wildman–Crippen MR) is 287 cm³/mol. The van der Waals surface area contributed by atoms with Gasteiger partial charge in [-0.3, -0.25) is 9.59 Å². The van der Waals surface area contributed by atoms with Crippen LogP contribution in [0.1, 0.15) is 101 Å². The number of hydrogen-bond donors (Lipinski definition) is 4. The highest BCUT2D eigenvalue weighted by molar-refractivity contribution is 7.13. The van der Waals surface area contributed by atoms with Crippen LogP contribution in [-0.2, 0) is 14.3 Å². The van der Waals surface area contributed by atoms with Gasteiger partial charge in [-0.1, -0.05) is 55.4 Å². The van der Waals surface area contributed by atoms with Crippen molar-refractivity contribution < 1.29 is 33.8 Å². The number of aliphatic hydroxyl groups is 1. The van der Waals surface area contributed by atoms with Crippen LogP contribution in [0.25, 0.3) is 21.7 Å². The number of piperazine rings is 1. The molecule has 6 aliphatic rings. The van der Waals surface area contributed by atoms with Crippen molar-refractivity contribution in [1.82, 2.24) is 35.5 Å². The lowest BCUT2D eigenvalue weighted by Gasteiger charge is -2.46. The largest absolute Gasteiger partial charge is 0.507 e. The zero-order valence-electron chi connectivity index (χ0n) is 43.0. The molecule has 6 fully saturated rings. The fraction of sp³-hybridized carbons (Fsp3) is 0.482. The standard InChI is InChI=1S/C56H67N11O7S/c1-32(2)52(56(71)67-30-40(68)23-47(67)55(70)60-33(3)35-12-14-36(15-13-35)53-34(4)59-31-75-53)49-27-50(63-74-49)64-20-17-41(18-21-64)72-42-24-43(25-42)73-51-22-37(16-19-58-51)65-28-39-9-7-8-38(65)29-66(39)46-26-45(61-62-54(46)57)44-10-5-6-11-48(44)69/h5-6,10-16,19,22,26-27,31-33,38-43,47,52,68-69H,7-9,17-18,20-21,23-25,28-30H2,1-4H3,(H2,57,62)(H,60,70)/t33-,38?,39?,40+,42-,43-,47-,52-/m0/s1. The number of aromatic nitrogens is 5. The van der Waals surface area contributed by atoms with Crippen molar-refractivity contribution >= 4 is 46.2 Å². The SMILES string of the molecule is Cc1ncsc1-c1ccc([C@H](C)NC(=O)[C@@H]2C[C@@H](O)CN2C(=O)[C@H](c2cc(N3CCC(O[C@H]4C[C@H](Oc5cc(N6CC7CCCC6CN7c6cc(-c7ccccc7O)nnc6N)ccn5)C4)CC3)no2)C(C)C)cc1. The number of aryl methyl sites for hydroxylation is 1. The number of carbonyl (C=O) groups excluding carboxylic acids is 2. The van der Waals surface area contributed by atoms with E-state index in [0.717, 1.165) is 104 Å². The lowest BCUT2D eigenvalue weighted by atomic mass is 9.91. The van der Waals surface area contributed by atoms with E-state index in [9.17, 15) is 19.8 Å². The summed E-state index contributed by atoms with van der Waals surface area (Å²) in [6.45, 7) is 11.0. The number of nitrogens with one attached hydrogen (secondary N) is 1. The topological polar surface area (TPSA) is 222 Å². The van der Waals surface area contributed by atoms with Gasteiger partial charge in [-0.2, -0.15) is 0 Å². The van der Waals surface area contributed by atoms with E-state index in [1.54, 1.807) is 23.5 Å². The zero-order chi connectivity index (χ0) is 51.9. The third-order valence-corrected chi connectivity index (χ3v) is 17.0. The number of aliphatic hydroxyl groups excluding tert-OH is 1. The zero-order valence-corrected chi connectivity index (χ0v) is 43.8. The maximum absolute atomic E-state index is 14.4. The van der Waals surface area contributed by atoms with Crippen molar-refractivity contribution in [2.75, 3.05) is 53.2 Å². The van der Waals surface area contributed by atoms with Gasteiger partial charge in [-0.15, -0.1) is 21.5 Å². The first-order valence-electron chi connectivity index (χ1n) is 26.6. The first-order valence-corrected chi connectivity index (χ1v) is 27.4. The Balaban J connectivity index is 0.646. The molecule has 2 aromatic carbocycles. The number of thiazole rings is 1. The average molecular weight is 1040 g/mol. The van der Waals surface area contributed by atoms with Crippen LogP contribution in [0.3, 0.4) is 0 Å². The van der Waals surface area contributed by atoms with Crippen molar-refractivity contribution in [3.8, 4) is 33.3 Å². The van der Waals surface area contributed by atoms with Gasteiger partial charge in [0.05, 0.1) is 51.8 Å². The molecule has 5 N–H and O–H groups in total. The molecule has 19 heteroatoms. The van der Waals surface area contributed by atoms with Crippen LogP contribution >= 0.6 is 11.3 Å². The molecule has 2 bridgehead atoms. The molecule has 4 aromatic heterocycles. The van der Waals surface area contributed by atoms with Crippen LogP contribution in [0.5, 0.6) is 11.6 Å². The summed E-state index contributed by atoms with van der Waals surface area (Å²) in [5.41, 5.74) is 14.5. The number of benzene rings is 2. The molecule has 9 heterocycles. The smallest absolute Gasteiger partial charge is 0.243 e. The summed E-state index contributed by atoms with van der Waals surface area (Å²) in [6, 6.07) is 22.6. The summed E-state index contributed by atoms with van der Waals surface area (Å²) in [7, 11) is 0. The fourth-order valence-corrected chi connectivity index (χ4v) is 12.6. The molecule has 1 saturated carbocycles. The number of phenols is 1. The van der Waals surface area contributed by atoms with Gasteiger partial charge in [-0.25, -0.2) is 9.97 Å². The Hall–Kier alpha value is -6.83. The Morgan fingerprint density at radius 3 is 2.37 bits per heavy atom. The van der Waals surface area contributed by atoms with Gasteiger partial charge in [0, 0.05) is 93.7 Å². The number of likely N-dealkylation sites (tertiary alicyclic amines) is 1.